The Hall–Kier alpha value is -2.34. The third-order valence-corrected chi connectivity index (χ3v) is 3.21. The van der Waals surface area contributed by atoms with Gasteiger partial charge in [0.2, 0.25) is 0 Å². The van der Waals surface area contributed by atoms with Crippen LogP contribution in [-0.4, -0.2) is 27.4 Å². The number of carbonyl (C=O) groups excluding carboxylic acids is 1. The van der Waals surface area contributed by atoms with Gasteiger partial charge >= 0.3 is 0 Å². The number of hydrogen-bond acceptors (Lipinski definition) is 4. The molecule has 0 atom stereocenters. The Labute approximate surface area is 136 Å². The molecule has 0 unspecified atom stereocenters. The van der Waals surface area contributed by atoms with Crippen LogP contribution in [0.1, 0.15) is 32.0 Å². The minimum absolute atomic E-state index is 0.0170. The predicted molar refractivity (Wildman–Crippen MR) is 88.4 cm³/mol. The first-order valence-electron chi connectivity index (χ1n) is 7.49. The van der Waals surface area contributed by atoms with Gasteiger partial charge in [-0.25, -0.2) is 4.68 Å². The number of anilines is 1. The van der Waals surface area contributed by atoms with E-state index in [9.17, 15) is 4.79 Å². The first-order chi connectivity index (χ1) is 10.8. The second-order valence-electron chi connectivity index (χ2n) is 6.39. The zero-order valence-electron chi connectivity index (χ0n) is 14.0. The normalized spacial score (nSPS) is 11.3. The monoisotopic (exact) mass is 317 g/mol. The topological polar surface area (TPSA) is 76.4 Å². The number of aliphatic hydroxyl groups excluding tert-OH is 1. The molecule has 1 amide bonds. The largest absolute Gasteiger partial charge is 0.484 e. The summed E-state index contributed by atoms with van der Waals surface area (Å²) in [7, 11) is 0. The van der Waals surface area contributed by atoms with Crippen LogP contribution in [0.25, 0.3) is 0 Å². The molecule has 124 valence electrons. The molecular formula is C17H23N3O3. The van der Waals surface area contributed by atoms with Crippen LogP contribution in [0.5, 0.6) is 5.75 Å². The van der Waals surface area contributed by atoms with E-state index < -0.39 is 0 Å². The molecule has 6 nitrogen and oxygen atoms in total. The predicted octanol–water partition coefficient (Wildman–Crippen LogP) is 2.46. The molecule has 1 aromatic carbocycles. The Balaban J connectivity index is 1.97. The standard InChI is InChI=1S/C17H23N3O3/c1-12-9-15(20(19-12)17(2,3)4)18-16(22)11-23-14-7-5-13(10-21)6-8-14/h5-9,21H,10-11H2,1-4H3,(H,18,22). The fourth-order valence-electron chi connectivity index (χ4n) is 2.12. The number of aliphatic hydroxyl groups is 1. The lowest BCUT2D eigenvalue weighted by Crippen LogP contribution is -2.28. The highest BCUT2D eigenvalue weighted by Crippen LogP contribution is 2.21. The van der Waals surface area contributed by atoms with E-state index in [4.69, 9.17) is 9.84 Å². The lowest BCUT2D eigenvalue weighted by Gasteiger charge is -2.22. The van der Waals surface area contributed by atoms with E-state index in [1.165, 1.54) is 0 Å². The number of aryl methyl sites for hydroxylation is 1. The molecule has 0 bridgehead atoms. The van der Waals surface area contributed by atoms with Gasteiger partial charge in [0.15, 0.2) is 6.61 Å². The number of benzene rings is 1. The number of aromatic nitrogens is 2. The highest BCUT2D eigenvalue weighted by Gasteiger charge is 2.20. The molecule has 0 aliphatic rings. The minimum Gasteiger partial charge on any atom is -0.484 e. The summed E-state index contributed by atoms with van der Waals surface area (Å²) in [5.74, 6) is 0.985. The molecular weight excluding hydrogens is 294 g/mol. The van der Waals surface area contributed by atoms with Crippen molar-refractivity contribution in [3.8, 4) is 5.75 Å². The van der Waals surface area contributed by atoms with Gasteiger partial charge in [0, 0.05) is 6.07 Å². The number of rotatable bonds is 5. The maximum atomic E-state index is 12.1. The Bertz CT molecular complexity index is 669. The summed E-state index contributed by atoms with van der Waals surface area (Å²) in [5.41, 5.74) is 1.42. The Kier molecular flexibility index (Phi) is 5.05. The van der Waals surface area contributed by atoms with Gasteiger partial charge in [0.05, 0.1) is 17.8 Å². The van der Waals surface area contributed by atoms with E-state index in [-0.39, 0.29) is 24.7 Å². The van der Waals surface area contributed by atoms with E-state index >= 15 is 0 Å². The third-order valence-electron chi connectivity index (χ3n) is 3.21. The highest BCUT2D eigenvalue weighted by molar-refractivity contribution is 5.91. The first-order valence-corrected chi connectivity index (χ1v) is 7.49. The molecule has 23 heavy (non-hydrogen) atoms. The van der Waals surface area contributed by atoms with E-state index in [2.05, 4.69) is 10.4 Å². The Morgan fingerprint density at radius 3 is 2.52 bits per heavy atom. The second-order valence-corrected chi connectivity index (χ2v) is 6.39. The number of ether oxygens (including phenoxy) is 1. The summed E-state index contributed by atoms with van der Waals surface area (Å²) in [6.07, 6.45) is 0. The second kappa shape index (κ2) is 6.83. The van der Waals surface area contributed by atoms with Crippen LogP contribution in [0.3, 0.4) is 0 Å². The molecule has 2 aromatic rings. The molecule has 0 saturated carbocycles. The van der Waals surface area contributed by atoms with Crippen LogP contribution in [0.15, 0.2) is 30.3 Å². The zero-order valence-corrected chi connectivity index (χ0v) is 14.0. The third kappa shape index (κ3) is 4.56. The smallest absolute Gasteiger partial charge is 0.263 e. The maximum absolute atomic E-state index is 12.1. The van der Waals surface area contributed by atoms with Gasteiger partial charge < -0.3 is 15.2 Å². The molecule has 0 aliphatic heterocycles. The average Bonchev–Trinajstić information content (AvgIpc) is 2.86. The van der Waals surface area contributed by atoms with Gasteiger partial charge in [-0.3, -0.25) is 4.79 Å². The maximum Gasteiger partial charge on any atom is 0.263 e. The van der Waals surface area contributed by atoms with Crippen LogP contribution < -0.4 is 10.1 Å². The Morgan fingerprint density at radius 1 is 1.30 bits per heavy atom. The summed E-state index contributed by atoms with van der Waals surface area (Å²) in [4.78, 5) is 12.1. The number of carbonyl (C=O) groups is 1. The lowest BCUT2D eigenvalue weighted by molar-refractivity contribution is -0.118. The Morgan fingerprint density at radius 2 is 1.96 bits per heavy atom. The van der Waals surface area contributed by atoms with Gasteiger partial charge in [0.1, 0.15) is 11.6 Å². The fourth-order valence-corrected chi connectivity index (χ4v) is 2.12. The fraction of sp³-hybridized carbons (Fsp3) is 0.412. The molecule has 0 aliphatic carbocycles. The van der Waals surface area contributed by atoms with Crippen LogP contribution in [-0.2, 0) is 16.9 Å². The molecule has 6 heteroatoms. The van der Waals surface area contributed by atoms with Crippen molar-refractivity contribution in [2.24, 2.45) is 0 Å². The summed E-state index contributed by atoms with van der Waals surface area (Å²) >= 11 is 0. The molecule has 1 aromatic heterocycles. The molecule has 2 rings (SSSR count). The molecule has 0 saturated heterocycles. The van der Waals surface area contributed by atoms with Crippen molar-refractivity contribution in [3.63, 3.8) is 0 Å². The van der Waals surface area contributed by atoms with Crippen molar-refractivity contribution in [3.05, 3.63) is 41.6 Å². The number of hydrogen-bond donors (Lipinski definition) is 2. The van der Waals surface area contributed by atoms with Crippen molar-refractivity contribution in [2.45, 2.75) is 39.8 Å². The quantitative estimate of drug-likeness (QED) is 0.888. The van der Waals surface area contributed by atoms with Gasteiger partial charge in [-0.1, -0.05) is 12.1 Å². The van der Waals surface area contributed by atoms with Gasteiger partial charge in [-0.2, -0.15) is 5.10 Å². The molecule has 0 radical (unpaired) electrons. The lowest BCUT2D eigenvalue weighted by atomic mass is 10.1. The summed E-state index contributed by atoms with van der Waals surface area (Å²) < 4.78 is 7.24. The van der Waals surface area contributed by atoms with Crippen molar-refractivity contribution in [1.82, 2.24) is 9.78 Å². The van der Waals surface area contributed by atoms with Crippen molar-refractivity contribution >= 4 is 11.7 Å². The minimum atomic E-state index is -0.248. The number of amides is 1. The van der Waals surface area contributed by atoms with Crippen molar-refractivity contribution in [2.75, 3.05) is 11.9 Å². The van der Waals surface area contributed by atoms with Gasteiger partial charge in [-0.05, 0) is 45.4 Å². The number of nitrogens with zero attached hydrogens (tertiary/aromatic N) is 2. The van der Waals surface area contributed by atoms with Crippen LogP contribution in [0, 0.1) is 6.92 Å². The van der Waals surface area contributed by atoms with Gasteiger partial charge in [0.25, 0.3) is 5.91 Å². The molecule has 0 spiro atoms. The van der Waals surface area contributed by atoms with E-state index in [1.54, 1.807) is 28.9 Å². The SMILES string of the molecule is Cc1cc(NC(=O)COc2ccc(CO)cc2)n(C(C)(C)C)n1. The van der Waals surface area contributed by atoms with E-state index in [0.717, 1.165) is 11.3 Å². The van der Waals surface area contributed by atoms with E-state index in [1.807, 2.05) is 33.8 Å². The van der Waals surface area contributed by atoms with Crippen LogP contribution in [0.4, 0.5) is 5.82 Å². The van der Waals surface area contributed by atoms with Crippen LogP contribution in [0.2, 0.25) is 0 Å². The summed E-state index contributed by atoms with van der Waals surface area (Å²) in [6.45, 7) is 7.85. The zero-order chi connectivity index (χ0) is 17.0. The van der Waals surface area contributed by atoms with Gasteiger partial charge in [-0.15, -0.1) is 0 Å². The molecule has 2 N–H and O–H groups in total. The highest BCUT2D eigenvalue weighted by atomic mass is 16.5. The summed E-state index contributed by atoms with van der Waals surface area (Å²) in [5, 5.41) is 16.2. The van der Waals surface area contributed by atoms with E-state index in [0.29, 0.717) is 11.6 Å². The molecule has 1 heterocycles. The average molecular weight is 317 g/mol. The summed E-state index contributed by atoms with van der Waals surface area (Å²) in [6, 6.07) is 8.79. The van der Waals surface area contributed by atoms with Crippen molar-refractivity contribution in [1.29, 1.82) is 0 Å². The van der Waals surface area contributed by atoms with Crippen LogP contribution >= 0.6 is 0 Å². The number of nitrogens with one attached hydrogen (secondary N) is 1. The first kappa shape index (κ1) is 17.0. The molecule has 0 fully saturated rings. The van der Waals surface area contributed by atoms with Crippen molar-refractivity contribution < 1.29 is 14.6 Å².